The molecule has 0 N–H and O–H groups in total. The van der Waals surface area contributed by atoms with Gasteiger partial charge >= 0.3 is 0 Å². The lowest BCUT2D eigenvalue weighted by atomic mass is 10.1. The Bertz CT molecular complexity index is 870. The van der Waals surface area contributed by atoms with Crippen LogP contribution in [0.1, 0.15) is 21.7 Å². The maximum atomic E-state index is 12.7. The zero-order chi connectivity index (χ0) is 16.5. The molecule has 2 aromatic heterocycles. The zero-order valence-electron chi connectivity index (χ0n) is 13.4. The van der Waals surface area contributed by atoms with Crippen molar-refractivity contribution in [3.8, 4) is 11.5 Å². The highest BCUT2D eigenvalue weighted by atomic mass is 16.2. The Morgan fingerprint density at radius 1 is 1.04 bits per heavy atom. The van der Waals surface area contributed by atoms with E-state index in [1.165, 1.54) is 0 Å². The van der Waals surface area contributed by atoms with Crippen LogP contribution in [0, 0.1) is 6.92 Å². The number of hydrogen-bond acceptors (Lipinski definition) is 4. The van der Waals surface area contributed by atoms with E-state index in [-0.39, 0.29) is 5.91 Å². The number of amides is 1. The van der Waals surface area contributed by atoms with Gasteiger partial charge in [0.25, 0.3) is 5.91 Å². The molecule has 0 spiro atoms. The fourth-order valence-corrected chi connectivity index (χ4v) is 2.89. The number of pyridine rings is 1. The number of fused-ring (bicyclic) bond motifs is 1. The first-order chi connectivity index (χ1) is 11.7. The van der Waals surface area contributed by atoms with Crippen molar-refractivity contribution < 1.29 is 4.79 Å². The summed E-state index contributed by atoms with van der Waals surface area (Å²) in [7, 11) is 0. The van der Waals surface area contributed by atoms with Crippen LogP contribution < -0.4 is 0 Å². The van der Waals surface area contributed by atoms with Crippen LogP contribution in [0.4, 0.5) is 0 Å². The number of nitrogens with zero attached hydrogens (tertiary/aromatic N) is 5. The molecular formula is C18H17N5O. The second kappa shape index (κ2) is 5.88. The van der Waals surface area contributed by atoms with Gasteiger partial charge in [-0.3, -0.25) is 9.78 Å². The van der Waals surface area contributed by atoms with Crippen molar-refractivity contribution in [2.45, 2.75) is 20.0 Å². The van der Waals surface area contributed by atoms with Crippen molar-refractivity contribution in [2.75, 3.05) is 6.54 Å². The van der Waals surface area contributed by atoms with Crippen LogP contribution in [-0.4, -0.2) is 37.1 Å². The molecule has 0 saturated carbocycles. The van der Waals surface area contributed by atoms with E-state index in [9.17, 15) is 4.79 Å². The van der Waals surface area contributed by atoms with E-state index in [1.807, 2.05) is 58.9 Å². The van der Waals surface area contributed by atoms with E-state index in [1.54, 1.807) is 6.20 Å². The molecule has 24 heavy (non-hydrogen) atoms. The topological polar surface area (TPSA) is 63.9 Å². The third-order valence-electron chi connectivity index (χ3n) is 4.23. The third-order valence-corrected chi connectivity index (χ3v) is 4.23. The van der Waals surface area contributed by atoms with E-state index in [0.717, 1.165) is 22.9 Å². The van der Waals surface area contributed by atoms with Crippen LogP contribution >= 0.6 is 0 Å². The highest BCUT2D eigenvalue weighted by Crippen LogP contribution is 2.21. The minimum atomic E-state index is 0.0311. The van der Waals surface area contributed by atoms with E-state index in [0.29, 0.717) is 25.2 Å². The first-order valence-electron chi connectivity index (χ1n) is 7.92. The Morgan fingerprint density at radius 3 is 2.62 bits per heavy atom. The first kappa shape index (κ1) is 14.6. The van der Waals surface area contributed by atoms with Crippen LogP contribution in [0.3, 0.4) is 0 Å². The van der Waals surface area contributed by atoms with Gasteiger partial charge in [-0.2, -0.15) is 0 Å². The summed E-state index contributed by atoms with van der Waals surface area (Å²) in [6, 6.07) is 13.4. The molecule has 3 aromatic rings. The maximum Gasteiger partial charge on any atom is 0.254 e. The maximum absolute atomic E-state index is 12.7. The lowest BCUT2D eigenvalue weighted by Gasteiger charge is -2.27. The van der Waals surface area contributed by atoms with Gasteiger partial charge in [-0.05, 0) is 31.2 Å². The number of rotatable bonds is 2. The second-order valence-electron chi connectivity index (χ2n) is 5.90. The molecule has 0 saturated heterocycles. The van der Waals surface area contributed by atoms with Gasteiger partial charge in [0.05, 0.1) is 6.54 Å². The van der Waals surface area contributed by atoms with Crippen molar-refractivity contribution in [3.05, 3.63) is 65.6 Å². The standard InChI is InChI=1S/C18H17N5O/c1-13-5-7-14(8-6-13)18(24)22-10-11-23-16(12-22)20-21-17(23)15-4-2-3-9-19-15/h2-9H,10-12H2,1H3. The summed E-state index contributed by atoms with van der Waals surface area (Å²) in [6.07, 6.45) is 1.74. The number of benzene rings is 1. The minimum absolute atomic E-state index is 0.0311. The molecule has 0 fully saturated rings. The normalized spacial score (nSPS) is 13.6. The van der Waals surface area contributed by atoms with E-state index < -0.39 is 0 Å². The van der Waals surface area contributed by atoms with Crippen LogP contribution in [-0.2, 0) is 13.1 Å². The Balaban J connectivity index is 1.58. The smallest absolute Gasteiger partial charge is 0.254 e. The molecule has 120 valence electrons. The Kier molecular flexibility index (Phi) is 3.57. The molecule has 6 heteroatoms. The molecule has 0 radical (unpaired) electrons. The predicted molar refractivity (Wildman–Crippen MR) is 89.2 cm³/mol. The summed E-state index contributed by atoms with van der Waals surface area (Å²) in [4.78, 5) is 18.8. The largest absolute Gasteiger partial charge is 0.329 e. The number of aromatic nitrogens is 4. The zero-order valence-corrected chi connectivity index (χ0v) is 13.4. The summed E-state index contributed by atoms with van der Waals surface area (Å²) in [5.74, 6) is 1.58. The SMILES string of the molecule is Cc1ccc(C(=O)N2CCn3c(nnc3-c3ccccn3)C2)cc1. The molecule has 4 rings (SSSR count). The summed E-state index contributed by atoms with van der Waals surface area (Å²) in [6.45, 7) is 3.78. The van der Waals surface area contributed by atoms with Crippen molar-refractivity contribution in [1.82, 2.24) is 24.6 Å². The number of aryl methyl sites for hydroxylation is 1. The molecule has 6 nitrogen and oxygen atoms in total. The Morgan fingerprint density at radius 2 is 1.88 bits per heavy atom. The van der Waals surface area contributed by atoms with Gasteiger partial charge in [0.2, 0.25) is 0 Å². The number of carbonyl (C=O) groups excluding carboxylic acids is 1. The average Bonchev–Trinajstić information content (AvgIpc) is 3.05. The predicted octanol–water partition coefficient (Wildman–Crippen LogP) is 2.30. The molecule has 1 amide bonds. The lowest BCUT2D eigenvalue weighted by molar-refractivity contribution is 0.0708. The monoisotopic (exact) mass is 319 g/mol. The van der Waals surface area contributed by atoms with Crippen molar-refractivity contribution in [3.63, 3.8) is 0 Å². The van der Waals surface area contributed by atoms with E-state index >= 15 is 0 Å². The first-order valence-corrected chi connectivity index (χ1v) is 7.92. The van der Waals surface area contributed by atoms with Crippen LogP contribution in [0.15, 0.2) is 48.7 Å². The van der Waals surface area contributed by atoms with Crippen molar-refractivity contribution in [2.24, 2.45) is 0 Å². The summed E-state index contributed by atoms with van der Waals surface area (Å²) in [5.41, 5.74) is 2.65. The summed E-state index contributed by atoms with van der Waals surface area (Å²) < 4.78 is 2.04. The van der Waals surface area contributed by atoms with Gasteiger partial charge < -0.3 is 9.47 Å². The van der Waals surface area contributed by atoms with E-state index in [2.05, 4.69) is 15.2 Å². The fourth-order valence-electron chi connectivity index (χ4n) is 2.89. The quantitative estimate of drug-likeness (QED) is 0.727. The minimum Gasteiger partial charge on any atom is -0.329 e. The molecule has 1 aliphatic rings. The molecule has 0 bridgehead atoms. The molecule has 3 heterocycles. The van der Waals surface area contributed by atoms with Gasteiger partial charge in [0, 0.05) is 24.8 Å². The second-order valence-corrected chi connectivity index (χ2v) is 5.90. The van der Waals surface area contributed by atoms with Gasteiger partial charge in [0.15, 0.2) is 11.6 Å². The van der Waals surface area contributed by atoms with Crippen LogP contribution in [0.5, 0.6) is 0 Å². The van der Waals surface area contributed by atoms with Gasteiger partial charge in [-0.15, -0.1) is 10.2 Å². The number of carbonyl (C=O) groups is 1. The summed E-state index contributed by atoms with van der Waals surface area (Å²) >= 11 is 0. The van der Waals surface area contributed by atoms with Gasteiger partial charge in [0.1, 0.15) is 5.69 Å². The highest BCUT2D eigenvalue weighted by Gasteiger charge is 2.25. The highest BCUT2D eigenvalue weighted by molar-refractivity contribution is 5.94. The molecule has 0 aliphatic carbocycles. The lowest BCUT2D eigenvalue weighted by Crippen LogP contribution is -2.38. The molecular weight excluding hydrogens is 302 g/mol. The van der Waals surface area contributed by atoms with Crippen molar-refractivity contribution >= 4 is 5.91 Å². The summed E-state index contributed by atoms with van der Waals surface area (Å²) in [5, 5.41) is 8.51. The van der Waals surface area contributed by atoms with E-state index in [4.69, 9.17) is 0 Å². The molecule has 1 aliphatic heterocycles. The van der Waals surface area contributed by atoms with Crippen LogP contribution in [0.2, 0.25) is 0 Å². The third kappa shape index (κ3) is 2.56. The van der Waals surface area contributed by atoms with Gasteiger partial charge in [-0.25, -0.2) is 0 Å². The molecule has 0 unspecified atom stereocenters. The molecule has 1 aromatic carbocycles. The van der Waals surface area contributed by atoms with Crippen LogP contribution in [0.25, 0.3) is 11.5 Å². The average molecular weight is 319 g/mol. The Labute approximate surface area is 139 Å². The van der Waals surface area contributed by atoms with Crippen molar-refractivity contribution in [1.29, 1.82) is 0 Å². The van der Waals surface area contributed by atoms with Gasteiger partial charge in [-0.1, -0.05) is 23.8 Å². The number of hydrogen-bond donors (Lipinski definition) is 0. The Hall–Kier alpha value is -3.02. The molecule has 0 atom stereocenters. The fraction of sp³-hybridized carbons (Fsp3) is 0.222.